The Labute approximate surface area is 139 Å². The highest BCUT2D eigenvalue weighted by atomic mass is 32.1. The van der Waals surface area contributed by atoms with E-state index in [1.54, 1.807) is 17.4 Å². The number of aromatic nitrogens is 1. The predicted molar refractivity (Wildman–Crippen MR) is 94.0 cm³/mol. The van der Waals surface area contributed by atoms with Gasteiger partial charge in [-0.1, -0.05) is 48.6 Å². The van der Waals surface area contributed by atoms with E-state index in [-0.39, 0.29) is 5.97 Å². The topological polar surface area (TPSA) is 51.2 Å². The van der Waals surface area contributed by atoms with Crippen LogP contribution in [-0.4, -0.2) is 17.6 Å². The Morgan fingerprint density at radius 3 is 2.83 bits per heavy atom. The lowest BCUT2D eigenvalue weighted by atomic mass is 10.2. The predicted octanol–water partition coefficient (Wildman–Crippen LogP) is 4.48. The summed E-state index contributed by atoms with van der Waals surface area (Å²) in [5.74, 6) is -0.277. The first-order valence-corrected chi connectivity index (χ1v) is 8.43. The zero-order chi connectivity index (χ0) is 16.1. The molecule has 3 aromatic rings. The molecule has 0 fully saturated rings. The third-order valence-corrected chi connectivity index (χ3v) is 4.32. The molecule has 0 aliphatic rings. The van der Waals surface area contributed by atoms with E-state index in [4.69, 9.17) is 4.74 Å². The number of anilines is 1. The van der Waals surface area contributed by atoms with Crippen molar-refractivity contribution in [1.82, 2.24) is 4.98 Å². The van der Waals surface area contributed by atoms with Gasteiger partial charge in [0.25, 0.3) is 0 Å². The van der Waals surface area contributed by atoms with Gasteiger partial charge < -0.3 is 10.1 Å². The van der Waals surface area contributed by atoms with Crippen LogP contribution in [0.15, 0.2) is 48.5 Å². The number of hydrogen-bond donors (Lipinski definition) is 1. The maximum atomic E-state index is 11.9. The van der Waals surface area contributed by atoms with Crippen LogP contribution in [0.5, 0.6) is 0 Å². The summed E-state index contributed by atoms with van der Waals surface area (Å²) in [5, 5.41) is 4.17. The number of carbonyl (C=O) groups excluding carboxylic acids is 1. The molecule has 0 aliphatic carbocycles. The monoisotopic (exact) mass is 326 g/mol. The number of thiazole rings is 1. The number of nitrogens with one attached hydrogen (secondary N) is 1. The van der Waals surface area contributed by atoms with Gasteiger partial charge in [-0.25, -0.2) is 9.78 Å². The number of fused-ring (bicyclic) bond motifs is 1. The molecule has 0 bridgehead atoms. The summed E-state index contributed by atoms with van der Waals surface area (Å²) >= 11 is 1.54. The molecule has 23 heavy (non-hydrogen) atoms. The van der Waals surface area contributed by atoms with Crippen LogP contribution in [0, 0.1) is 0 Å². The molecule has 0 unspecified atom stereocenters. The van der Waals surface area contributed by atoms with Crippen LogP contribution >= 0.6 is 11.3 Å². The summed E-state index contributed by atoms with van der Waals surface area (Å²) in [6, 6.07) is 15.7. The number of nitrogens with zero attached hydrogens (tertiary/aromatic N) is 1. The lowest BCUT2D eigenvalue weighted by molar-refractivity contribution is 0.0505. The van der Waals surface area contributed by atoms with Crippen LogP contribution in [0.2, 0.25) is 0 Å². The minimum absolute atomic E-state index is 0.277. The first-order valence-electron chi connectivity index (χ1n) is 7.62. The van der Waals surface area contributed by atoms with Crippen LogP contribution in [0.25, 0.3) is 10.2 Å². The SMILES string of the molecule is CCCOC(=O)c1ccc2nc(NCc3ccccc3)sc2c1. The maximum Gasteiger partial charge on any atom is 0.338 e. The Morgan fingerprint density at radius 1 is 1.22 bits per heavy atom. The standard InChI is InChI=1S/C18H18N2O2S/c1-2-10-22-17(21)14-8-9-15-16(11-14)23-18(20-15)19-12-13-6-4-3-5-7-13/h3-9,11H,2,10,12H2,1H3,(H,19,20). The summed E-state index contributed by atoms with van der Waals surface area (Å²) in [7, 11) is 0. The third-order valence-electron chi connectivity index (χ3n) is 3.35. The van der Waals surface area contributed by atoms with Crippen molar-refractivity contribution in [3.63, 3.8) is 0 Å². The molecule has 5 heteroatoms. The first-order chi connectivity index (χ1) is 11.3. The molecule has 1 N–H and O–H groups in total. The van der Waals surface area contributed by atoms with Crippen molar-refractivity contribution >= 4 is 32.7 Å². The van der Waals surface area contributed by atoms with Crippen molar-refractivity contribution in [2.24, 2.45) is 0 Å². The maximum absolute atomic E-state index is 11.9. The molecule has 4 nitrogen and oxygen atoms in total. The molecule has 0 radical (unpaired) electrons. The fourth-order valence-electron chi connectivity index (χ4n) is 2.18. The molecule has 0 spiro atoms. The highest BCUT2D eigenvalue weighted by Crippen LogP contribution is 2.27. The van der Waals surface area contributed by atoms with Crippen LogP contribution in [0.4, 0.5) is 5.13 Å². The zero-order valence-electron chi connectivity index (χ0n) is 12.9. The number of esters is 1. The Hall–Kier alpha value is -2.40. The van der Waals surface area contributed by atoms with Crippen molar-refractivity contribution in [3.8, 4) is 0 Å². The van der Waals surface area contributed by atoms with Gasteiger partial charge in [-0.05, 0) is 30.2 Å². The van der Waals surface area contributed by atoms with Gasteiger partial charge in [-0.2, -0.15) is 0 Å². The summed E-state index contributed by atoms with van der Waals surface area (Å²) in [5.41, 5.74) is 2.66. The smallest absolute Gasteiger partial charge is 0.338 e. The molecule has 1 aromatic heterocycles. The van der Waals surface area contributed by atoms with Gasteiger partial charge in [-0.15, -0.1) is 0 Å². The van der Waals surface area contributed by atoms with Gasteiger partial charge >= 0.3 is 5.97 Å². The summed E-state index contributed by atoms with van der Waals surface area (Å²) in [4.78, 5) is 16.5. The minimum Gasteiger partial charge on any atom is -0.462 e. The van der Waals surface area contributed by atoms with E-state index in [9.17, 15) is 4.79 Å². The summed E-state index contributed by atoms with van der Waals surface area (Å²) in [6.45, 7) is 3.15. The zero-order valence-corrected chi connectivity index (χ0v) is 13.7. The second-order valence-electron chi connectivity index (χ2n) is 5.18. The number of hydrogen-bond acceptors (Lipinski definition) is 5. The Kier molecular flexibility index (Phi) is 4.88. The number of rotatable bonds is 6. The van der Waals surface area contributed by atoms with Crippen LogP contribution < -0.4 is 5.32 Å². The Morgan fingerprint density at radius 2 is 2.04 bits per heavy atom. The molecule has 0 saturated heterocycles. The molecule has 0 atom stereocenters. The van der Waals surface area contributed by atoms with Crippen LogP contribution in [-0.2, 0) is 11.3 Å². The van der Waals surface area contributed by atoms with E-state index in [1.807, 2.05) is 37.3 Å². The fourth-order valence-corrected chi connectivity index (χ4v) is 3.08. The van der Waals surface area contributed by atoms with Gasteiger partial charge in [0.15, 0.2) is 5.13 Å². The van der Waals surface area contributed by atoms with E-state index < -0.39 is 0 Å². The minimum atomic E-state index is -0.277. The lowest BCUT2D eigenvalue weighted by Crippen LogP contribution is -2.05. The van der Waals surface area contributed by atoms with Gasteiger partial charge in [-0.3, -0.25) is 0 Å². The molecule has 0 saturated carbocycles. The average molecular weight is 326 g/mol. The van der Waals surface area contributed by atoms with E-state index in [0.717, 1.165) is 28.3 Å². The van der Waals surface area contributed by atoms with E-state index in [2.05, 4.69) is 22.4 Å². The molecule has 118 valence electrons. The molecular formula is C18H18N2O2S. The molecule has 0 aliphatic heterocycles. The highest BCUT2D eigenvalue weighted by Gasteiger charge is 2.10. The molecule has 3 rings (SSSR count). The third kappa shape index (κ3) is 3.87. The van der Waals surface area contributed by atoms with Crippen molar-refractivity contribution in [1.29, 1.82) is 0 Å². The van der Waals surface area contributed by atoms with Crippen molar-refractivity contribution in [2.45, 2.75) is 19.9 Å². The quantitative estimate of drug-likeness (QED) is 0.679. The van der Waals surface area contributed by atoms with Gasteiger partial charge in [0.05, 0.1) is 22.4 Å². The van der Waals surface area contributed by atoms with Crippen LogP contribution in [0.3, 0.4) is 0 Å². The van der Waals surface area contributed by atoms with Crippen molar-refractivity contribution in [2.75, 3.05) is 11.9 Å². The largest absolute Gasteiger partial charge is 0.462 e. The van der Waals surface area contributed by atoms with E-state index >= 15 is 0 Å². The molecule has 2 aromatic carbocycles. The summed E-state index contributed by atoms with van der Waals surface area (Å²) in [6.07, 6.45) is 0.822. The van der Waals surface area contributed by atoms with Gasteiger partial charge in [0.2, 0.25) is 0 Å². The van der Waals surface area contributed by atoms with Crippen LogP contribution in [0.1, 0.15) is 29.3 Å². The normalized spacial score (nSPS) is 10.7. The average Bonchev–Trinajstić information content (AvgIpc) is 3.00. The Balaban J connectivity index is 1.72. The summed E-state index contributed by atoms with van der Waals surface area (Å²) < 4.78 is 6.15. The Bertz CT molecular complexity index is 799. The van der Waals surface area contributed by atoms with Gasteiger partial charge in [0, 0.05) is 6.54 Å². The molecule has 0 amide bonds. The number of carbonyl (C=O) groups is 1. The highest BCUT2D eigenvalue weighted by molar-refractivity contribution is 7.22. The second kappa shape index (κ2) is 7.24. The number of benzene rings is 2. The lowest BCUT2D eigenvalue weighted by Gasteiger charge is -2.02. The first kappa shape index (κ1) is 15.5. The van der Waals surface area contributed by atoms with Gasteiger partial charge in [0.1, 0.15) is 0 Å². The second-order valence-corrected chi connectivity index (χ2v) is 6.21. The fraction of sp³-hybridized carbons (Fsp3) is 0.222. The molecular weight excluding hydrogens is 308 g/mol. The van der Waals surface area contributed by atoms with E-state index in [0.29, 0.717) is 12.2 Å². The van der Waals surface area contributed by atoms with Crippen molar-refractivity contribution < 1.29 is 9.53 Å². The van der Waals surface area contributed by atoms with Crippen molar-refractivity contribution in [3.05, 3.63) is 59.7 Å². The van der Waals surface area contributed by atoms with E-state index in [1.165, 1.54) is 5.56 Å². The number of ether oxygens (including phenoxy) is 1. The molecule has 1 heterocycles.